The summed E-state index contributed by atoms with van der Waals surface area (Å²) in [6.45, 7) is 2.14. The molecule has 20 heavy (non-hydrogen) atoms. The van der Waals surface area contributed by atoms with Gasteiger partial charge in [0.1, 0.15) is 11.9 Å². The van der Waals surface area contributed by atoms with Crippen LogP contribution in [-0.2, 0) is 6.42 Å². The van der Waals surface area contributed by atoms with Gasteiger partial charge in [0, 0.05) is 16.5 Å². The van der Waals surface area contributed by atoms with E-state index in [0.717, 1.165) is 22.2 Å². The van der Waals surface area contributed by atoms with Gasteiger partial charge >= 0.3 is 0 Å². The van der Waals surface area contributed by atoms with Gasteiger partial charge < -0.3 is 9.84 Å². The zero-order valence-electron chi connectivity index (χ0n) is 11.3. The van der Waals surface area contributed by atoms with E-state index >= 15 is 0 Å². The van der Waals surface area contributed by atoms with E-state index in [-0.39, 0.29) is 6.10 Å². The third kappa shape index (κ3) is 2.48. The van der Waals surface area contributed by atoms with Crippen LogP contribution in [0.2, 0.25) is 0 Å². The van der Waals surface area contributed by atoms with Gasteiger partial charge in [0.2, 0.25) is 0 Å². The molecule has 0 saturated carbocycles. The SMILES string of the molecule is CCc1ccccc1C1CC(O)c2ccc(Br)cc2O1. The van der Waals surface area contributed by atoms with Crippen LogP contribution in [0, 0.1) is 0 Å². The Balaban J connectivity index is 1.98. The summed E-state index contributed by atoms with van der Waals surface area (Å²) in [6.07, 6.45) is 1.02. The van der Waals surface area contributed by atoms with E-state index in [0.29, 0.717) is 6.42 Å². The van der Waals surface area contributed by atoms with Gasteiger partial charge in [0.15, 0.2) is 0 Å². The fraction of sp³-hybridized carbons (Fsp3) is 0.294. The zero-order valence-corrected chi connectivity index (χ0v) is 12.9. The zero-order chi connectivity index (χ0) is 14.1. The first kappa shape index (κ1) is 13.7. The Morgan fingerprint density at radius 2 is 2.00 bits per heavy atom. The monoisotopic (exact) mass is 332 g/mol. The first-order chi connectivity index (χ1) is 9.69. The Kier molecular flexibility index (Phi) is 3.81. The highest BCUT2D eigenvalue weighted by Crippen LogP contribution is 2.42. The fourth-order valence-corrected chi connectivity index (χ4v) is 3.12. The summed E-state index contributed by atoms with van der Waals surface area (Å²) < 4.78 is 7.09. The Morgan fingerprint density at radius 1 is 1.20 bits per heavy atom. The molecule has 1 aliphatic rings. The third-order valence-electron chi connectivity index (χ3n) is 3.82. The second-order valence-electron chi connectivity index (χ2n) is 5.09. The average Bonchev–Trinajstić information content (AvgIpc) is 2.46. The van der Waals surface area contributed by atoms with Gasteiger partial charge in [0.05, 0.1) is 6.10 Å². The van der Waals surface area contributed by atoms with Crippen LogP contribution >= 0.6 is 15.9 Å². The molecule has 0 radical (unpaired) electrons. The first-order valence-corrected chi connectivity index (χ1v) is 7.70. The van der Waals surface area contributed by atoms with Crippen molar-refractivity contribution < 1.29 is 9.84 Å². The molecule has 0 bridgehead atoms. The van der Waals surface area contributed by atoms with Crippen LogP contribution in [0.25, 0.3) is 0 Å². The van der Waals surface area contributed by atoms with Crippen molar-refractivity contribution >= 4 is 15.9 Å². The van der Waals surface area contributed by atoms with E-state index in [1.807, 2.05) is 30.3 Å². The molecule has 0 amide bonds. The van der Waals surface area contributed by atoms with Crippen LogP contribution in [0.15, 0.2) is 46.9 Å². The van der Waals surface area contributed by atoms with Crippen molar-refractivity contribution in [3.8, 4) is 5.75 Å². The van der Waals surface area contributed by atoms with Crippen LogP contribution in [-0.4, -0.2) is 5.11 Å². The average molecular weight is 333 g/mol. The van der Waals surface area contributed by atoms with Gasteiger partial charge in [-0.1, -0.05) is 53.2 Å². The number of rotatable bonds is 2. The number of fused-ring (bicyclic) bond motifs is 1. The Morgan fingerprint density at radius 3 is 2.80 bits per heavy atom. The summed E-state index contributed by atoms with van der Waals surface area (Å²) in [7, 11) is 0. The van der Waals surface area contributed by atoms with Crippen molar-refractivity contribution in [2.75, 3.05) is 0 Å². The topological polar surface area (TPSA) is 29.5 Å². The number of aliphatic hydroxyl groups is 1. The molecule has 2 aromatic rings. The lowest BCUT2D eigenvalue weighted by atomic mass is 9.92. The number of halogens is 1. The van der Waals surface area contributed by atoms with E-state index < -0.39 is 6.10 Å². The molecular formula is C17H17BrO2. The maximum Gasteiger partial charge on any atom is 0.127 e. The maximum absolute atomic E-state index is 10.4. The summed E-state index contributed by atoms with van der Waals surface area (Å²) in [6, 6.07) is 14.1. The fourth-order valence-electron chi connectivity index (χ4n) is 2.78. The highest BCUT2D eigenvalue weighted by atomic mass is 79.9. The Bertz CT molecular complexity index is 624. The molecule has 0 spiro atoms. The third-order valence-corrected chi connectivity index (χ3v) is 4.32. The molecule has 1 heterocycles. The molecule has 3 heteroatoms. The van der Waals surface area contributed by atoms with Crippen LogP contribution < -0.4 is 4.74 Å². The molecule has 2 atom stereocenters. The van der Waals surface area contributed by atoms with Crippen molar-refractivity contribution in [3.05, 3.63) is 63.6 Å². The maximum atomic E-state index is 10.4. The molecule has 1 aliphatic heterocycles. The van der Waals surface area contributed by atoms with Gasteiger partial charge in [0.25, 0.3) is 0 Å². The quantitative estimate of drug-likeness (QED) is 0.872. The lowest BCUT2D eigenvalue weighted by molar-refractivity contribution is 0.0653. The number of benzene rings is 2. The number of aliphatic hydroxyl groups excluding tert-OH is 1. The van der Waals surface area contributed by atoms with Crippen LogP contribution in [0.1, 0.15) is 42.2 Å². The molecule has 2 unspecified atom stereocenters. The molecule has 0 fully saturated rings. The molecule has 0 saturated heterocycles. The summed E-state index contributed by atoms with van der Waals surface area (Å²) in [4.78, 5) is 0. The van der Waals surface area contributed by atoms with E-state index in [4.69, 9.17) is 4.74 Å². The van der Waals surface area contributed by atoms with E-state index in [2.05, 4.69) is 35.0 Å². The molecule has 0 aliphatic carbocycles. The normalized spacial score (nSPS) is 21.1. The van der Waals surface area contributed by atoms with Crippen molar-refractivity contribution in [2.45, 2.75) is 32.0 Å². The molecule has 2 aromatic carbocycles. The second-order valence-corrected chi connectivity index (χ2v) is 6.01. The largest absolute Gasteiger partial charge is 0.485 e. The highest BCUT2D eigenvalue weighted by Gasteiger charge is 2.29. The van der Waals surface area contributed by atoms with Crippen LogP contribution in [0.4, 0.5) is 0 Å². The van der Waals surface area contributed by atoms with Gasteiger partial charge in [-0.15, -0.1) is 0 Å². The molecule has 1 N–H and O–H groups in total. The van der Waals surface area contributed by atoms with Crippen LogP contribution in [0.5, 0.6) is 5.75 Å². The minimum absolute atomic E-state index is 0.0806. The molecule has 3 rings (SSSR count). The van der Waals surface area contributed by atoms with Crippen molar-refractivity contribution in [1.82, 2.24) is 0 Å². The molecule has 0 aromatic heterocycles. The Hall–Kier alpha value is -1.32. The predicted molar refractivity (Wildman–Crippen MR) is 82.9 cm³/mol. The smallest absolute Gasteiger partial charge is 0.127 e. The first-order valence-electron chi connectivity index (χ1n) is 6.91. The summed E-state index contributed by atoms with van der Waals surface area (Å²) in [5, 5.41) is 10.4. The van der Waals surface area contributed by atoms with E-state index in [1.165, 1.54) is 11.1 Å². The number of ether oxygens (including phenoxy) is 1. The summed E-state index contributed by atoms with van der Waals surface area (Å²) in [5.74, 6) is 0.772. The lowest BCUT2D eigenvalue weighted by Crippen LogP contribution is -2.20. The predicted octanol–water partition coefficient (Wildman–Crippen LogP) is 4.57. The van der Waals surface area contributed by atoms with Crippen molar-refractivity contribution in [2.24, 2.45) is 0 Å². The number of hydrogen-bond acceptors (Lipinski definition) is 2. The van der Waals surface area contributed by atoms with Gasteiger partial charge in [-0.25, -0.2) is 0 Å². The summed E-state index contributed by atoms with van der Waals surface area (Å²) in [5.41, 5.74) is 3.33. The van der Waals surface area contributed by atoms with Crippen molar-refractivity contribution in [3.63, 3.8) is 0 Å². The molecular weight excluding hydrogens is 316 g/mol. The van der Waals surface area contributed by atoms with E-state index in [1.54, 1.807) is 0 Å². The minimum atomic E-state index is -0.471. The van der Waals surface area contributed by atoms with Gasteiger partial charge in [-0.05, 0) is 29.7 Å². The van der Waals surface area contributed by atoms with Crippen molar-refractivity contribution in [1.29, 1.82) is 0 Å². The van der Waals surface area contributed by atoms with Gasteiger partial charge in [-0.3, -0.25) is 0 Å². The molecule has 2 nitrogen and oxygen atoms in total. The Labute approximate surface area is 127 Å². The number of hydrogen-bond donors (Lipinski definition) is 1. The van der Waals surface area contributed by atoms with Crippen LogP contribution in [0.3, 0.4) is 0 Å². The molecule has 104 valence electrons. The minimum Gasteiger partial charge on any atom is -0.485 e. The summed E-state index contributed by atoms with van der Waals surface area (Å²) >= 11 is 3.45. The second kappa shape index (κ2) is 5.58. The highest BCUT2D eigenvalue weighted by molar-refractivity contribution is 9.10. The number of aryl methyl sites for hydroxylation is 1. The lowest BCUT2D eigenvalue weighted by Gasteiger charge is -2.31. The standard InChI is InChI=1S/C17H17BrO2/c1-2-11-5-3-4-6-13(11)17-10-15(19)14-8-7-12(18)9-16(14)20-17/h3-9,15,17,19H,2,10H2,1H3. The van der Waals surface area contributed by atoms with Gasteiger partial charge in [-0.2, -0.15) is 0 Å². The van der Waals surface area contributed by atoms with E-state index in [9.17, 15) is 5.11 Å².